The van der Waals surface area contributed by atoms with Crippen molar-refractivity contribution in [1.29, 1.82) is 0 Å². The Hall–Kier alpha value is -0.760. The molecule has 2 aromatic carbocycles. The molecule has 94 valence electrons. The molecule has 0 aliphatic heterocycles. The molecule has 0 heterocycles. The van der Waals surface area contributed by atoms with Crippen LogP contribution in [0.2, 0.25) is 0 Å². The Labute approximate surface area is 120 Å². The lowest BCUT2D eigenvalue weighted by atomic mass is 10.0. The van der Waals surface area contributed by atoms with Gasteiger partial charge in [-0.3, -0.25) is 0 Å². The van der Waals surface area contributed by atoms with Gasteiger partial charge in [0.05, 0.1) is 0 Å². The van der Waals surface area contributed by atoms with Gasteiger partial charge < -0.3 is 0 Å². The maximum Gasteiger partial charge on any atom is 0.216 e. The largest absolute Gasteiger partial charge is 0.216 e. The molecular formula is C14H10Cl3F. The highest BCUT2D eigenvalue weighted by atomic mass is 35.6. The Morgan fingerprint density at radius 1 is 0.778 bits per heavy atom. The van der Waals surface area contributed by atoms with Crippen LogP contribution < -0.4 is 0 Å². The Kier molecular flexibility index (Phi) is 4.16. The first-order valence-electron chi connectivity index (χ1n) is 5.36. The van der Waals surface area contributed by atoms with Crippen LogP contribution in [0.25, 0.3) is 0 Å². The summed E-state index contributed by atoms with van der Waals surface area (Å²) in [6.07, 6.45) is 0.723. The molecule has 0 atom stereocenters. The molecule has 4 heteroatoms. The molecular weight excluding hydrogens is 294 g/mol. The minimum Gasteiger partial charge on any atom is -0.207 e. The van der Waals surface area contributed by atoms with Crippen LogP contribution in [0.1, 0.15) is 16.7 Å². The van der Waals surface area contributed by atoms with Crippen LogP contribution in [0.5, 0.6) is 0 Å². The quantitative estimate of drug-likeness (QED) is 0.665. The molecule has 0 N–H and O–H groups in total. The third-order valence-electron chi connectivity index (χ3n) is 2.60. The van der Waals surface area contributed by atoms with Crippen LogP contribution in [0.4, 0.5) is 4.39 Å². The Balaban J connectivity index is 2.13. The van der Waals surface area contributed by atoms with Gasteiger partial charge in [-0.05, 0) is 29.7 Å². The zero-order valence-corrected chi connectivity index (χ0v) is 11.6. The number of halogens is 4. The average molecular weight is 304 g/mol. The normalized spacial score (nSPS) is 11.6. The third-order valence-corrected chi connectivity index (χ3v) is 3.26. The fourth-order valence-electron chi connectivity index (χ4n) is 1.65. The minimum absolute atomic E-state index is 0.231. The van der Waals surface area contributed by atoms with Crippen molar-refractivity contribution in [2.45, 2.75) is 10.2 Å². The monoisotopic (exact) mass is 302 g/mol. The molecule has 0 saturated heterocycles. The van der Waals surface area contributed by atoms with Crippen molar-refractivity contribution in [3.05, 3.63) is 71.0 Å². The van der Waals surface area contributed by atoms with Crippen molar-refractivity contribution in [3.8, 4) is 0 Å². The van der Waals surface area contributed by atoms with Crippen LogP contribution in [0.15, 0.2) is 48.5 Å². The van der Waals surface area contributed by atoms with E-state index in [2.05, 4.69) is 0 Å². The van der Waals surface area contributed by atoms with E-state index in [9.17, 15) is 4.39 Å². The number of benzene rings is 2. The van der Waals surface area contributed by atoms with Crippen molar-refractivity contribution in [2.24, 2.45) is 0 Å². The Morgan fingerprint density at radius 2 is 1.22 bits per heavy atom. The topological polar surface area (TPSA) is 0 Å². The average Bonchev–Trinajstić information content (AvgIpc) is 2.32. The Bertz CT molecular complexity index is 512. The number of hydrogen-bond acceptors (Lipinski definition) is 0. The highest BCUT2D eigenvalue weighted by Gasteiger charge is 2.21. The molecule has 0 saturated carbocycles. The van der Waals surface area contributed by atoms with Crippen molar-refractivity contribution in [2.75, 3.05) is 0 Å². The van der Waals surface area contributed by atoms with E-state index in [0.29, 0.717) is 5.56 Å². The fraction of sp³-hybridized carbons (Fsp3) is 0.143. The maximum atomic E-state index is 12.8. The second-order valence-electron chi connectivity index (χ2n) is 4.00. The lowest BCUT2D eigenvalue weighted by Crippen LogP contribution is -1.99. The molecule has 0 nitrogen and oxygen atoms in total. The summed E-state index contributed by atoms with van der Waals surface area (Å²) in [6, 6.07) is 13.8. The lowest BCUT2D eigenvalue weighted by Gasteiger charge is -2.11. The standard InChI is InChI=1S/C14H10Cl3F/c15-14(16,17)12-5-1-10(2-6-12)9-11-3-7-13(18)8-4-11/h1-8H,9H2. The smallest absolute Gasteiger partial charge is 0.207 e. The summed E-state index contributed by atoms with van der Waals surface area (Å²) < 4.78 is 11.4. The van der Waals surface area contributed by atoms with Crippen LogP contribution in [0.3, 0.4) is 0 Å². The number of alkyl halides is 3. The highest BCUT2D eigenvalue weighted by molar-refractivity contribution is 6.66. The van der Waals surface area contributed by atoms with Crippen molar-refractivity contribution in [1.82, 2.24) is 0 Å². The molecule has 0 amide bonds. The predicted molar refractivity (Wildman–Crippen MR) is 74.9 cm³/mol. The van der Waals surface area contributed by atoms with Gasteiger partial charge in [-0.2, -0.15) is 0 Å². The van der Waals surface area contributed by atoms with Gasteiger partial charge in [-0.15, -0.1) is 0 Å². The summed E-state index contributed by atoms with van der Waals surface area (Å²) in [4.78, 5) is 0. The van der Waals surface area contributed by atoms with Gasteiger partial charge in [0.1, 0.15) is 5.82 Å². The van der Waals surface area contributed by atoms with E-state index in [1.807, 2.05) is 12.1 Å². The number of hydrogen-bond donors (Lipinski definition) is 0. The molecule has 2 aromatic rings. The van der Waals surface area contributed by atoms with Crippen molar-refractivity contribution < 1.29 is 4.39 Å². The summed E-state index contributed by atoms with van der Waals surface area (Å²) in [7, 11) is 0. The molecule has 0 unspecified atom stereocenters. The van der Waals surface area contributed by atoms with E-state index >= 15 is 0 Å². The molecule has 0 radical (unpaired) electrons. The molecule has 0 aliphatic rings. The highest BCUT2D eigenvalue weighted by Crippen LogP contribution is 2.38. The van der Waals surface area contributed by atoms with E-state index in [4.69, 9.17) is 34.8 Å². The van der Waals surface area contributed by atoms with Gasteiger partial charge in [0, 0.05) is 5.56 Å². The first kappa shape index (κ1) is 13.7. The van der Waals surface area contributed by atoms with E-state index < -0.39 is 3.79 Å². The van der Waals surface area contributed by atoms with Crippen molar-refractivity contribution in [3.63, 3.8) is 0 Å². The molecule has 0 aliphatic carbocycles. The molecule has 0 spiro atoms. The summed E-state index contributed by atoms with van der Waals surface area (Å²) in [5.74, 6) is -0.231. The minimum atomic E-state index is -1.39. The van der Waals surface area contributed by atoms with Gasteiger partial charge in [0.25, 0.3) is 0 Å². The summed E-state index contributed by atoms with van der Waals surface area (Å²) in [5, 5.41) is 0. The van der Waals surface area contributed by atoms with Crippen LogP contribution in [0, 0.1) is 5.82 Å². The fourth-order valence-corrected chi connectivity index (χ4v) is 2.03. The molecule has 18 heavy (non-hydrogen) atoms. The van der Waals surface area contributed by atoms with Gasteiger partial charge in [0.2, 0.25) is 3.79 Å². The predicted octanol–water partition coefficient (Wildman–Crippen LogP) is 5.24. The van der Waals surface area contributed by atoms with Gasteiger partial charge in [0.15, 0.2) is 0 Å². The zero-order valence-electron chi connectivity index (χ0n) is 9.34. The number of rotatable bonds is 2. The second kappa shape index (κ2) is 5.48. The van der Waals surface area contributed by atoms with Crippen LogP contribution in [-0.4, -0.2) is 0 Å². The van der Waals surface area contributed by atoms with E-state index in [1.165, 1.54) is 12.1 Å². The van der Waals surface area contributed by atoms with Crippen molar-refractivity contribution >= 4 is 34.8 Å². The van der Waals surface area contributed by atoms with E-state index in [1.54, 1.807) is 24.3 Å². The van der Waals surface area contributed by atoms with Gasteiger partial charge in [-0.1, -0.05) is 71.2 Å². The first-order valence-corrected chi connectivity index (χ1v) is 6.49. The maximum absolute atomic E-state index is 12.8. The van der Waals surface area contributed by atoms with E-state index in [0.717, 1.165) is 17.5 Å². The lowest BCUT2D eigenvalue weighted by molar-refractivity contribution is 0.627. The zero-order chi connectivity index (χ0) is 13.2. The van der Waals surface area contributed by atoms with Crippen LogP contribution >= 0.6 is 34.8 Å². The van der Waals surface area contributed by atoms with Crippen LogP contribution in [-0.2, 0) is 10.2 Å². The summed E-state index contributed by atoms with van der Waals surface area (Å²) in [6.45, 7) is 0. The SMILES string of the molecule is Fc1ccc(Cc2ccc(C(Cl)(Cl)Cl)cc2)cc1. The molecule has 0 aromatic heterocycles. The summed E-state index contributed by atoms with van der Waals surface area (Å²) in [5.41, 5.74) is 2.76. The van der Waals surface area contributed by atoms with Gasteiger partial charge >= 0.3 is 0 Å². The molecule has 0 bridgehead atoms. The third kappa shape index (κ3) is 3.61. The first-order chi connectivity index (χ1) is 8.45. The molecule has 0 fully saturated rings. The summed E-state index contributed by atoms with van der Waals surface area (Å²) >= 11 is 17.3. The van der Waals surface area contributed by atoms with E-state index in [-0.39, 0.29) is 5.82 Å². The van der Waals surface area contributed by atoms with Gasteiger partial charge in [-0.25, -0.2) is 4.39 Å². The second-order valence-corrected chi connectivity index (χ2v) is 6.28. The Morgan fingerprint density at radius 3 is 1.67 bits per heavy atom. The molecule has 2 rings (SSSR count).